The summed E-state index contributed by atoms with van der Waals surface area (Å²) < 4.78 is 0. The van der Waals surface area contributed by atoms with Crippen molar-refractivity contribution in [3.05, 3.63) is 0 Å². The molecule has 0 N–H and O–H groups in total. The molecule has 0 radical (unpaired) electrons. The molecule has 0 atom stereocenters. The minimum atomic E-state index is 0.598. The van der Waals surface area contributed by atoms with E-state index in [4.69, 9.17) is 6.42 Å². The quantitative estimate of drug-likeness (QED) is 0.547. The first-order valence-electron chi connectivity index (χ1n) is 8.78. The van der Waals surface area contributed by atoms with E-state index in [0.29, 0.717) is 5.92 Å². The van der Waals surface area contributed by atoms with Crippen molar-refractivity contribution in [1.82, 2.24) is 0 Å². The van der Waals surface area contributed by atoms with Gasteiger partial charge in [0.2, 0.25) is 0 Å². The molecule has 108 valence electrons. The SMILES string of the molecule is C#CC1CCC(CCC2CCC(CCC)CC2)CC1. The van der Waals surface area contributed by atoms with Crippen LogP contribution in [0.2, 0.25) is 0 Å². The van der Waals surface area contributed by atoms with Crippen molar-refractivity contribution in [2.75, 3.05) is 0 Å². The summed E-state index contributed by atoms with van der Waals surface area (Å²) in [6.45, 7) is 2.33. The Labute approximate surface area is 120 Å². The Kier molecular flexibility index (Phi) is 6.29. The highest BCUT2D eigenvalue weighted by Gasteiger charge is 2.23. The van der Waals surface area contributed by atoms with Crippen LogP contribution in [-0.2, 0) is 0 Å². The highest BCUT2D eigenvalue weighted by Crippen LogP contribution is 2.37. The molecule has 0 nitrogen and oxygen atoms in total. The third-order valence-electron chi connectivity index (χ3n) is 5.73. The van der Waals surface area contributed by atoms with Crippen molar-refractivity contribution in [1.29, 1.82) is 0 Å². The minimum absolute atomic E-state index is 0.598. The molecule has 2 fully saturated rings. The lowest BCUT2D eigenvalue weighted by atomic mass is 9.75. The smallest absolute Gasteiger partial charge is 0.0200 e. The molecule has 19 heavy (non-hydrogen) atoms. The number of terminal acetylenes is 1. The fraction of sp³-hybridized carbons (Fsp3) is 0.895. The van der Waals surface area contributed by atoms with E-state index in [2.05, 4.69) is 12.8 Å². The highest BCUT2D eigenvalue weighted by molar-refractivity contribution is 4.95. The van der Waals surface area contributed by atoms with Gasteiger partial charge in [-0.15, -0.1) is 12.3 Å². The third-order valence-corrected chi connectivity index (χ3v) is 5.73. The summed E-state index contributed by atoms with van der Waals surface area (Å²) in [5.41, 5.74) is 0. The zero-order chi connectivity index (χ0) is 13.5. The van der Waals surface area contributed by atoms with Crippen molar-refractivity contribution < 1.29 is 0 Å². The van der Waals surface area contributed by atoms with Crippen LogP contribution in [0.15, 0.2) is 0 Å². The predicted octanol–water partition coefficient (Wildman–Crippen LogP) is 5.81. The lowest BCUT2D eigenvalue weighted by Gasteiger charge is -2.31. The molecule has 0 saturated heterocycles. The van der Waals surface area contributed by atoms with Crippen molar-refractivity contribution in [2.45, 2.75) is 84.0 Å². The third kappa shape index (κ3) is 4.87. The van der Waals surface area contributed by atoms with Crippen LogP contribution in [0.4, 0.5) is 0 Å². The van der Waals surface area contributed by atoms with Crippen LogP contribution in [0.5, 0.6) is 0 Å². The van der Waals surface area contributed by atoms with Crippen molar-refractivity contribution in [3.8, 4) is 12.3 Å². The van der Waals surface area contributed by atoms with E-state index in [9.17, 15) is 0 Å². The molecule has 0 aliphatic heterocycles. The van der Waals surface area contributed by atoms with Gasteiger partial charge in [-0.1, -0.05) is 58.3 Å². The fourth-order valence-corrected chi connectivity index (χ4v) is 4.31. The molecule has 0 heteroatoms. The molecular weight excluding hydrogens is 228 g/mol. The summed E-state index contributed by atoms with van der Waals surface area (Å²) in [5, 5.41) is 0. The minimum Gasteiger partial charge on any atom is -0.120 e. The molecule has 2 aliphatic rings. The highest BCUT2D eigenvalue weighted by atomic mass is 14.3. The number of hydrogen-bond acceptors (Lipinski definition) is 0. The Bertz CT molecular complexity index is 269. The topological polar surface area (TPSA) is 0 Å². The van der Waals surface area contributed by atoms with Gasteiger partial charge < -0.3 is 0 Å². The fourth-order valence-electron chi connectivity index (χ4n) is 4.31. The average molecular weight is 260 g/mol. The molecule has 2 rings (SSSR count). The van der Waals surface area contributed by atoms with E-state index in [1.807, 2.05) is 0 Å². The standard InChI is InChI=1S/C19H32/c1-3-5-17-10-12-19(13-11-17)15-14-18-8-6-16(4-2)7-9-18/h2,16-19H,3,5-15H2,1H3. The summed E-state index contributed by atoms with van der Waals surface area (Å²) in [5.74, 6) is 6.66. The molecule has 0 aromatic heterocycles. The van der Waals surface area contributed by atoms with E-state index in [1.54, 1.807) is 0 Å². The van der Waals surface area contributed by atoms with Gasteiger partial charge in [0, 0.05) is 5.92 Å². The van der Waals surface area contributed by atoms with Crippen LogP contribution in [0.25, 0.3) is 0 Å². The lowest BCUT2D eigenvalue weighted by Crippen LogP contribution is -2.17. The molecule has 0 heterocycles. The van der Waals surface area contributed by atoms with Crippen LogP contribution in [0, 0.1) is 36.0 Å². The predicted molar refractivity (Wildman–Crippen MR) is 83.9 cm³/mol. The van der Waals surface area contributed by atoms with E-state index in [-0.39, 0.29) is 0 Å². The summed E-state index contributed by atoms with van der Waals surface area (Å²) in [6, 6.07) is 0. The summed E-state index contributed by atoms with van der Waals surface area (Å²) in [4.78, 5) is 0. The van der Waals surface area contributed by atoms with Gasteiger partial charge in [-0.3, -0.25) is 0 Å². The van der Waals surface area contributed by atoms with Crippen LogP contribution in [0.1, 0.15) is 84.0 Å². The largest absolute Gasteiger partial charge is 0.120 e. The summed E-state index contributed by atoms with van der Waals surface area (Å²) in [7, 11) is 0. The van der Waals surface area contributed by atoms with E-state index in [0.717, 1.165) is 17.8 Å². The number of hydrogen-bond donors (Lipinski definition) is 0. The molecule has 0 amide bonds. The maximum atomic E-state index is 5.53. The zero-order valence-electron chi connectivity index (χ0n) is 12.9. The van der Waals surface area contributed by atoms with Gasteiger partial charge in [-0.05, 0) is 43.4 Å². The Hall–Kier alpha value is -0.440. The molecule has 0 bridgehead atoms. The van der Waals surface area contributed by atoms with Gasteiger partial charge in [0.15, 0.2) is 0 Å². The number of rotatable bonds is 5. The molecule has 0 spiro atoms. The van der Waals surface area contributed by atoms with E-state index in [1.165, 1.54) is 77.0 Å². The van der Waals surface area contributed by atoms with Gasteiger partial charge in [0.05, 0.1) is 0 Å². The van der Waals surface area contributed by atoms with Gasteiger partial charge in [0.1, 0.15) is 0 Å². The van der Waals surface area contributed by atoms with E-state index < -0.39 is 0 Å². The first-order chi connectivity index (χ1) is 9.31. The van der Waals surface area contributed by atoms with E-state index >= 15 is 0 Å². The molecule has 0 unspecified atom stereocenters. The molecule has 0 aromatic rings. The van der Waals surface area contributed by atoms with Crippen molar-refractivity contribution in [2.24, 2.45) is 23.7 Å². The van der Waals surface area contributed by atoms with Gasteiger partial charge in [-0.25, -0.2) is 0 Å². The molecule has 2 aliphatic carbocycles. The van der Waals surface area contributed by atoms with Crippen molar-refractivity contribution >= 4 is 0 Å². The first-order valence-corrected chi connectivity index (χ1v) is 8.78. The summed E-state index contributed by atoms with van der Waals surface area (Å²) >= 11 is 0. The van der Waals surface area contributed by atoms with Crippen LogP contribution in [0.3, 0.4) is 0 Å². The summed E-state index contributed by atoms with van der Waals surface area (Å²) in [6.07, 6.45) is 22.8. The Morgan fingerprint density at radius 3 is 1.58 bits per heavy atom. The second-order valence-electron chi connectivity index (χ2n) is 7.14. The van der Waals surface area contributed by atoms with Gasteiger partial charge in [-0.2, -0.15) is 0 Å². The van der Waals surface area contributed by atoms with Crippen LogP contribution >= 0.6 is 0 Å². The maximum Gasteiger partial charge on any atom is 0.0200 e. The molecule has 0 aromatic carbocycles. The zero-order valence-corrected chi connectivity index (χ0v) is 12.9. The van der Waals surface area contributed by atoms with Gasteiger partial charge >= 0.3 is 0 Å². The Morgan fingerprint density at radius 1 is 0.737 bits per heavy atom. The van der Waals surface area contributed by atoms with Crippen LogP contribution in [-0.4, -0.2) is 0 Å². The second-order valence-corrected chi connectivity index (χ2v) is 7.14. The maximum absolute atomic E-state index is 5.53. The molecule has 2 saturated carbocycles. The van der Waals surface area contributed by atoms with Gasteiger partial charge in [0.25, 0.3) is 0 Å². The monoisotopic (exact) mass is 260 g/mol. The first kappa shape index (κ1) is 15.0. The normalized spacial score (nSPS) is 35.8. The average Bonchev–Trinajstić information content (AvgIpc) is 2.47. The van der Waals surface area contributed by atoms with Crippen molar-refractivity contribution in [3.63, 3.8) is 0 Å². The van der Waals surface area contributed by atoms with Crippen LogP contribution < -0.4 is 0 Å². The Balaban J connectivity index is 1.58. The Morgan fingerprint density at radius 2 is 1.16 bits per heavy atom. The molecular formula is C19H32. The second kappa shape index (κ2) is 7.98. The lowest BCUT2D eigenvalue weighted by molar-refractivity contribution is 0.222.